The van der Waals surface area contributed by atoms with E-state index in [2.05, 4.69) is 85.0 Å². The van der Waals surface area contributed by atoms with Crippen molar-refractivity contribution in [2.45, 2.75) is 144 Å². The fraction of sp³-hybridized carbons (Fsp3) is 0.810. The normalized spacial score (nSPS) is 37.8. The van der Waals surface area contributed by atoms with Gasteiger partial charge in [-0.3, -0.25) is 0 Å². The van der Waals surface area contributed by atoms with E-state index in [1.54, 1.807) is 49.3 Å². The third-order valence-corrected chi connectivity index (χ3v) is 18.2. The molecule has 240 valence electrons. The first-order valence-electron chi connectivity index (χ1n) is 18.9. The van der Waals surface area contributed by atoms with Crippen LogP contribution in [0, 0.1) is 69.5 Å². The molecule has 6 rings (SSSR count). The van der Waals surface area contributed by atoms with Gasteiger partial charge in [0.2, 0.25) is 0 Å². The Morgan fingerprint density at radius 1 is 0.744 bits per heavy atom. The molecule has 8 atom stereocenters. The van der Waals surface area contributed by atoms with Gasteiger partial charge in [0.05, 0.1) is 8.07 Å². The summed E-state index contributed by atoms with van der Waals surface area (Å²) < 4.78 is 0. The zero-order valence-corrected chi connectivity index (χ0v) is 30.7. The first kappa shape index (κ1) is 32.1. The Bertz CT molecular complexity index is 1070. The molecule has 1 aromatic carbocycles. The number of hydrogen-bond acceptors (Lipinski definition) is 0. The molecule has 1 aromatic rings. The molecule has 1 heteroatoms. The van der Waals surface area contributed by atoms with E-state index in [1.165, 1.54) is 51.0 Å². The maximum atomic E-state index is 4.73. The lowest BCUT2D eigenvalue weighted by Gasteiger charge is -2.57. The van der Waals surface area contributed by atoms with Crippen LogP contribution in [0.1, 0.15) is 125 Å². The van der Waals surface area contributed by atoms with Crippen molar-refractivity contribution in [3.63, 3.8) is 0 Å². The van der Waals surface area contributed by atoms with Crippen LogP contribution >= 0.6 is 0 Å². The van der Waals surface area contributed by atoms with Gasteiger partial charge >= 0.3 is 0 Å². The number of fused-ring (bicyclic) bond motifs is 3. The van der Waals surface area contributed by atoms with Crippen LogP contribution in [0.3, 0.4) is 0 Å². The summed E-state index contributed by atoms with van der Waals surface area (Å²) in [5, 5.41) is 1.60. The maximum Gasteiger partial charge on any atom is 0.0845 e. The summed E-state index contributed by atoms with van der Waals surface area (Å²) in [4.78, 5) is 0. The highest BCUT2D eigenvalue weighted by Gasteiger charge is 2.64. The molecule has 5 saturated carbocycles. The molecule has 0 saturated heterocycles. The van der Waals surface area contributed by atoms with E-state index in [1.807, 2.05) is 0 Å². The Balaban J connectivity index is 1.21. The lowest BCUT2D eigenvalue weighted by Crippen LogP contribution is -2.49. The molecule has 0 heterocycles. The van der Waals surface area contributed by atoms with Gasteiger partial charge in [-0.05, 0) is 153 Å². The van der Waals surface area contributed by atoms with Crippen molar-refractivity contribution in [1.29, 1.82) is 0 Å². The minimum absolute atomic E-state index is 0.472. The van der Waals surface area contributed by atoms with Crippen molar-refractivity contribution in [2.75, 3.05) is 0 Å². The van der Waals surface area contributed by atoms with Crippen LogP contribution in [0.15, 0.2) is 42.5 Å². The first-order valence-corrected chi connectivity index (χ1v) is 22.1. The van der Waals surface area contributed by atoms with E-state index >= 15 is 0 Å². The lowest BCUT2D eigenvalue weighted by molar-refractivity contribution is -0.0796. The maximum absolute atomic E-state index is 4.73. The van der Waals surface area contributed by atoms with Crippen molar-refractivity contribution in [2.24, 2.45) is 69.5 Å². The van der Waals surface area contributed by atoms with Crippen molar-refractivity contribution < 1.29 is 0 Å². The van der Waals surface area contributed by atoms with E-state index in [-0.39, 0.29) is 0 Å². The summed E-state index contributed by atoms with van der Waals surface area (Å²) >= 11 is 0. The number of allylic oxidation sites excluding steroid dienone is 1. The van der Waals surface area contributed by atoms with Gasteiger partial charge in [-0.1, -0.05) is 102 Å². The van der Waals surface area contributed by atoms with Gasteiger partial charge in [0, 0.05) is 0 Å². The highest BCUT2D eigenvalue weighted by molar-refractivity contribution is 6.90. The molecule has 5 aliphatic rings. The highest BCUT2D eigenvalue weighted by atomic mass is 28.3. The summed E-state index contributed by atoms with van der Waals surface area (Å²) in [6, 6.07) is 12.6. The summed E-state index contributed by atoms with van der Waals surface area (Å²) in [5.74, 6) is 8.94. The molecular weight excluding hydrogens is 533 g/mol. The van der Waals surface area contributed by atoms with Crippen LogP contribution in [0.4, 0.5) is 0 Å². The average molecular weight is 601 g/mol. The number of rotatable bonds is 7. The Kier molecular flexibility index (Phi) is 8.79. The lowest BCUT2D eigenvalue weighted by atomic mass is 9.48. The molecule has 0 bridgehead atoms. The molecule has 5 aliphatic carbocycles. The molecule has 0 N–H and O–H groups in total. The zero-order valence-electron chi connectivity index (χ0n) is 29.7. The van der Waals surface area contributed by atoms with Crippen LogP contribution < -0.4 is 5.19 Å². The van der Waals surface area contributed by atoms with Crippen molar-refractivity contribution in [3.8, 4) is 0 Å². The smallest absolute Gasteiger partial charge is 0.0845 e. The summed E-state index contributed by atoms with van der Waals surface area (Å²) in [6.45, 7) is 25.2. The molecule has 0 radical (unpaired) electrons. The van der Waals surface area contributed by atoms with Gasteiger partial charge in [0.15, 0.2) is 0 Å². The van der Waals surface area contributed by atoms with Gasteiger partial charge < -0.3 is 0 Å². The molecule has 5 fully saturated rings. The first-order chi connectivity index (χ1) is 20.2. The third-order valence-electron chi connectivity index (χ3n) is 15.0. The van der Waals surface area contributed by atoms with E-state index in [0.717, 1.165) is 53.3 Å². The predicted molar refractivity (Wildman–Crippen MR) is 190 cm³/mol. The van der Waals surface area contributed by atoms with Crippen LogP contribution in [0.2, 0.25) is 19.1 Å². The minimum atomic E-state index is -1.47. The topological polar surface area (TPSA) is 0 Å². The van der Waals surface area contributed by atoms with Crippen LogP contribution in [-0.4, -0.2) is 8.07 Å². The molecule has 0 spiro atoms. The molecular formula is C42H68Si. The Hall–Kier alpha value is -0.823. The molecule has 43 heavy (non-hydrogen) atoms. The second-order valence-electron chi connectivity index (χ2n) is 19.8. The molecule has 8 unspecified atom stereocenters. The second kappa shape index (κ2) is 11.8. The Morgan fingerprint density at radius 2 is 1.30 bits per heavy atom. The fourth-order valence-corrected chi connectivity index (χ4v) is 15.3. The quantitative estimate of drug-likeness (QED) is 0.216. The van der Waals surface area contributed by atoms with Crippen LogP contribution in [0.25, 0.3) is 0 Å². The highest BCUT2D eigenvalue weighted by Crippen LogP contribution is 2.71. The monoisotopic (exact) mass is 601 g/mol. The predicted octanol–water partition coefficient (Wildman–Crippen LogP) is 11.9. The summed E-state index contributed by atoms with van der Waals surface area (Å²) in [6.07, 6.45) is 19.7. The molecule has 0 amide bonds. The van der Waals surface area contributed by atoms with Gasteiger partial charge in [-0.15, -0.1) is 6.58 Å². The van der Waals surface area contributed by atoms with E-state index < -0.39 is 8.07 Å². The standard InChI is InChI=1S/C42H68Si/c1-29(28-43(8,9)34-14-11-10-12-15-34)24-30-16-17-33(25-30)42(22-13-23-42)39-37-26-31(40(2,3)4)18-20-35(37)36-21-19-32(27-38(36)39)41(5,6)7/h10-12,14-15,30-33,35-39H,1,13,16-28H2,2-9H3. The largest absolute Gasteiger partial charge is 0.100 e. The van der Waals surface area contributed by atoms with Gasteiger partial charge in [0.25, 0.3) is 0 Å². The molecule has 0 aliphatic heterocycles. The van der Waals surface area contributed by atoms with Crippen molar-refractivity contribution in [1.82, 2.24) is 0 Å². The molecule has 0 nitrogen and oxygen atoms in total. The zero-order chi connectivity index (χ0) is 30.8. The van der Waals surface area contributed by atoms with Crippen molar-refractivity contribution in [3.05, 3.63) is 42.5 Å². The van der Waals surface area contributed by atoms with E-state index in [0.29, 0.717) is 16.2 Å². The van der Waals surface area contributed by atoms with Gasteiger partial charge in [-0.25, -0.2) is 0 Å². The van der Waals surface area contributed by atoms with Crippen LogP contribution in [-0.2, 0) is 0 Å². The summed E-state index contributed by atoms with van der Waals surface area (Å²) in [5.41, 5.74) is 3.19. The molecule has 0 aromatic heterocycles. The fourth-order valence-electron chi connectivity index (χ4n) is 12.6. The summed E-state index contributed by atoms with van der Waals surface area (Å²) in [7, 11) is -1.47. The van der Waals surface area contributed by atoms with Gasteiger partial charge in [-0.2, -0.15) is 0 Å². The third kappa shape index (κ3) is 6.17. The number of hydrogen-bond donors (Lipinski definition) is 0. The second-order valence-corrected chi connectivity index (χ2v) is 24.5. The van der Waals surface area contributed by atoms with E-state index in [9.17, 15) is 0 Å². The SMILES string of the molecule is C=C(CC1CCC(C2(C3C4CC(C(C)(C)C)CCC4C4CCC(C(C)(C)C)CC43)CCC2)C1)C[Si](C)(C)c1ccccc1. The Labute approximate surface area is 268 Å². The average Bonchev–Trinajstić information content (AvgIpc) is 3.50. The van der Waals surface area contributed by atoms with Gasteiger partial charge in [0.1, 0.15) is 0 Å². The van der Waals surface area contributed by atoms with Crippen LogP contribution in [0.5, 0.6) is 0 Å². The van der Waals surface area contributed by atoms with E-state index in [4.69, 9.17) is 6.58 Å². The minimum Gasteiger partial charge on any atom is -0.100 e. The Morgan fingerprint density at radius 3 is 1.79 bits per heavy atom. The number of benzene rings is 1. The van der Waals surface area contributed by atoms with Crippen molar-refractivity contribution >= 4 is 13.3 Å².